The molecule has 2 rings (SSSR count). The summed E-state index contributed by atoms with van der Waals surface area (Å²) in [5.41, 5.74) is 3.27. The number of nitrogens with one attached hydrogen (secondary N) is 1. The fraction of sp³-hybridized carbons (Fsp3) is 0.0667. The van der Waals surface area contributed by atoms with E-state index in [1.165, 1.54) is 0 Å². The topological polar surface area (TPSA) is 50.7 Å². The van der Waals surface area contributed by atoms with Crippen LogP contribution in [0, 0.1) is 0 Å². The number of carbonyl (C=O) groups is 1. The third-order valence-electron chi connectivity index (χ3n) is 2.47. The van der Waals surface area contributed by atoms with E-state index in [0.717, 1.165) is 10.0 Å². The number of para-hydroxylation sites is 1. The van der Waals surface area contributed by atoms with Crippen LogP contribution in [0.3, 0.4) is 0 Å². The molecule has 0 fully saturated rings. The van der Waals surface area contributed by atoms with Gasteiger partial charge < -0.3 is 4.74 Å². The number of hydrogen-bond donors (Lipinski definition) is 1. The van der Waals surface area contributed by atoms with Crippen molar-refractivity contribution in [1.29, 1.82) is 0 Å². The molecule has 0 aromatic heterocycles. The highest BCUT2D eigenvalue weighted by Gasteiger charge is 2.03. The zero-order valence-electron chi connectivity index (χ0n) is 10.9. The van der Waals surface area contributed by atoms with Gasteiger partial charge in [0.25, 0.3) is 5.91 Å². The van der Waals surface area contributed by atoms with Crippen molar-refractivity contribution >= 4 is 39.7 Å². The van der Waals surface area contributed by atoms with Gasteiger partial charge in [-0.3, -0.25) is 4.79 Å². The van der Waals surface area contributed by atoms with Gasteiger partial charge in [-0.1, -0.05) is 51.8 Å². The standard InChI is InChI=1S/C15H12BrClN2O2/c16-12-7-5-11(6-8-12)9-18-19-15(20)10-21-14-4-2-1-3-13(14)17/h1-9H,10H2,(H,19,20)/b18-9-. The second-order valence-electron chi connectivity index (χ2n) is 4.06. The second kappa shape index (κ2) is 7.81. The maximum absolute atomic E-state index is 11.6. The Bertz CT molecular complexity index is 644. The van der Waals surface area contributed by atoms with E-state index in [4.69, 9.17) is 16.3 Å². The van der Waals surface area contributed by atoms with Crippen LogP contribution < -0.4 is 10.2 Å². The third-order valence-corrected chi connectivity index (χ3v) is 3.31. The van der Waals surface area contributed by atoms with Gasteiger partial charge in [0.05, 0.1) is 11.2 Å². The lowest BCUT2D eigenvalue weighted by Crippen LogP contribution is -2.24. The zero-order chi connectivity index (χ0) is 15.1. The smallest absolute Gasteiger partial charge is 0.277 e. The minimum Gasteiger partial charge on any atom is -0.482 e. The molecule has 0 aliphatic heterocycles. The molecule has 2 aromatic carbocycles. The van der Waals surface area contributed by atoms with Crippen molar-refractivity contribution in [3.63, 3.8) is 0 Å². The SMILES string of the molecule is O=C(COc1ccccc1Cl)N/N=C\c1ccc(Br)cc1. The summed E-state index contributed by atoms with van der Waals surface area (Å²) in [5, 5.41) is 4.31. The van der Waals surface area contributed by atoms with E-state index >= 15 is 0 Å². The van der Waals surface area contributed by atoms with Crippen molar-refractivity contribution in [3.05, 3.63) is 63.6 Å². The quantitative estimate of drug-likeness (QED) is 0.648. The maximum atomic E-state index is 11.6. The molecule has 1 N–H and O–H groups in total. The van der Waals surface area contributed by atoms with Gasteiger partial charge in [0.15, 0.2) is 6.61 Å². The van der Waals surface area contributed by atoms with Crippen molar-refractivity contribution in [3.8, 4) is 5.75 Å². The fourth-order valence-electron chi connectivity index (χ4n) is 1.47. The molecular weight excluding hydrogens is 356 g/mol. The Kier molecular flexibility index (Phi) is 5.78. The lowest BCUT2D eigenvalue weighted by Gasteiger charge is -2.06. The van der Waals surface area contributed by atoms with Crippen LogP contribution in [0.1, 0.15) is 5.56 Å². The Morgan fingerprint density at radius 3 is 2.67 bits per heavy atom. The highest BCUT2D eigenvalue weighted by Crippen LogP contribution is 2.22. The molecular formula is C15H12BrClN2O2. The van der Waals surface area contributed by atoms with Gasteiger partial charge >= 0.3 is 0 Å². The van der Waals surface area contributed by atoms with Gasteiger partial charge in [-0.05, 0) is 29.8 Å². The molecule has 0 spiro atoms. The first-order valence-electron chi connectivity index (χ1n) is 6.10. The Labute approximate surface area is 135 Å². The van der Waals surface area contributed by atoms with E-state index in [0.29, 0.717) is 10.8 Å². The highest BCUT2D eigenvalue weighted by molar-refractivity contribution is 9.10. The maximum Gasteiger partial charge on any atom is 0.277 e. The van der Waals surface area contributed by atoms with Gasteiger partial charge in [-0.2, -0.15) is 5.10 Å². The number of nitrogens with zero attached hydrogens (tertiary/aromatic N) is 1. The van der Waals surface area contributed by atoms with E-state index in [1.807, 2.05) is 24.3 Å². The lowest BCUT2D eigenvalue weighted by atomic mass is 10.2. The molecule has 2 aromatic rings. The van der Waals surface area contributed by atoms with Crippen LogP contribution in [0.15, 0.2) is 58.1 Å². The van der Waals surface area contributed by atoms with Crippen LogP contribution >= 0.6 is 27.5 Å². The third kappa shape index (κ3) is 5.21. The average Bonchev–Trinajstić information content (AvgIpc) is 2.48. The molecule has 0 atom stereocenters. The molecule has 0 bridgehead atoms. The lowest BCUT2D eigenvalue weighted by molar-refractivity contribution is -0.123. The number of benzene rings is 2. The van der Waals surface area contributed by atoms with Crippen LogP contribution in [-0.2, 0) is 4.79 Å². The normalized spacial score (nSPS) is 10.6. The van der Waals surface area contributed by atoms with Crippen molar-refractivity contribution in [2.75, 3.05) is 6.61 Å². The fourth-order valence-corrected chi connectivity index (χ4v) is 1.92. The second-order valence-corrected chi connectivity index (χ2v) is 5.39. The molecule has 0 unspecified atom stereocenters. The van der Waals surface area contributed by atoms with Crippen LogP contribution in [0.2, 0.25) is 5.02 Å². The molecule has 108 valence electrons. The van der Waals surface area contributed by atoms with Crippen LogP contribution in [0.4, 0.5) is 0 Å². The molecule has 1 amide bonds. The summed E-state index contributed by atoms with van der Waals surface area (Å²) in [5.74, 6) is 0.106. The first-order valence-corrected chi connectivity index (χ1v) is 7.27. The summed E-state index contributed by atoms with van der Waals surface area (Å²) >= 11 is 9.26. The summed E-state index contributed by atoms with van der Waals surface area (Å²) in [7, 11) is 0. The monoisotopic (exact) mass is 366 g/mol. The van der Waals surface area contributed by atoms with Crippen LogP contribution in [-0.4, -0.2) is 18.7 Å². The first-order chi connectivity index (χ1) is 10.1. The minimum atomic E-state index is -0.358. The first kappa shape index (κ1) is 15.5. The Morgan fingerprint density at radius 2 is 1.95 bits per heavy atom. The van der Waals surface area contributed by atoms with E-state index < -0.39 is 0 Å². The Balaban J connectivity index is 1.80. The number of carbonyl (C=O) groups excluding carboxylic acids is 1. The van der Waals surface area contributed by atoms with Gasteiger partial charge in [-0.25, -0.2) is 5.43 Å². The number of halogens is 2. The average molecular weight is 368 g/mol. The van der Waals surface area contributed by atoms with Gasteiger partial charge in [0.1, 0.15) is 5.75 Å². The number of hydrazone groups is 1. The molecule has 0 heterocycles. The van der Waals surface area contributed by atoms with Crippen molar-refractivity contribution in [2.45, 2.75) is 0 Å². The minimum absolute atomic E-state index is 0.151. The molecule has 0 radical (unpaired) electrons. The van der Waals surface area contributed by atoms with Gasteiger partial charge in [0.2, 0.25) is 0 Å². The number of rotatable bonds is 5. The zero-order valence-corrected chi connectivity index (χ0v) is 13.3. The summed E-state index contributed by atoms with van der Waals surface area (Å²) < 4.78 is 6.28. The molecule has 0 saturated heterocycles. The van der Waals surface area contributed by atoms with E-state index in [1.54, 1.807) is 30.5 Å². The summed E-state index contributed by atoms with van der Waals surface area (Å²) in [6, 6.07) is 14.5. The Hall–Kier alpha value is -1.85. The van der Waals surface area contributed by atoms with E-state index in [9.17, 15) is 4.79 Å². The summed E-state index contributed by atoms with van der Waals surface area (Å²) in [4.78, 5) is 11.6. The summed E-state index contributed by atoms with van der Waals surface area (Å²) in [6.45, 7) is -0.151. The molecule has 0 aliphatic rings. The molecule has 0 saturated carbocycles. The predicted octanol–water partition coefficient (Wildman–Crippen LogP) is 3.63. The predicted molar refractivity (Wildman–Crippen MR) is 86.8 cm³/mol. The Morgan fingerprint density at radius 1 is 1.24 bits per heavy atom. The molecule has 0 aliphatic carbocycles. The van der Waals surface area contributed by atoms with E-state index in [2.05, 4.69) is 26.5 Å². The van der Waals surface area contributed by atoms with Crippen LogP contribution in [0.25, 0.3) is 0 Å². The molecule has 6 heteroatoms. The molecule has 21 heavy (non-hydrogen) atoms. The highest BCUT2D eigenvalue weighted by atomic mass is 79.9. The van der Waals surface area contributed by atoms with Gasteiger partial charge in [-0.15, -0.1) is 0 Å². The largest absolute Gasteiger partial charge is 0.482 e. The molecule has 4 nitrogen and oxygen atoms in total. The van der Waals surface area contributed by atoms with Crippen molar-refractivity contribution < 1.29 is 9.53 Å². The summed E-state index contributed by atoms with van der Waals surface area (Å²) in [6.07, 6.45) is 1.56. The van der Waals surface area contributed by atoms with Crippen molar-refractivity contribution in [2.24, 2.45) is 5.10 Å². The number of ether oxygens (including phenoxy) is 1. The van der Waals surface area contributed by atoms with Crippen molar-refractivity contribution in [1.82, 2.24) is 5.43 Å². The van der Waals surface area contributed by atoms with Crippen LogP contribution in [0.5, 0.6) is 5.75 Å². The van der Waals surface area contributed by atoms with Gasteiger partial charge in [0, 0.05) is 4.47 Å². The van der Waals surface area contributed by atoms with E-state index in [-0.39, 0.29) is 12.5 Å². The number of amides is 1. The number of hydrogen-bond acceptors (Lipinski definition) is 3.